The third-order valence-corrected chi connectivity index (χ3v) is 5.35. The molecule has 0 amide bonds. The monoisotopic (exact) mass is 386 g/mol. The van der Waals surface area contributed by atoms with Gasteiger partial charge in [0, 0.05) is 11.1 Å². The van der Waals surface area contributed by atoms with Gasteiger partial charge in [-0.05, 0) is 70.4 Å². The lowest BCUT2D eigenvalue weighted by molar-refractivity contribution is 0.0756. The molecule has 0 fully saturated rings. The molecule has 7 heteroatoms. The van der Waals surface area contributed by atoms with Gasteiger partial charge >= 0.3 is 7.82 Å². The number of hydrogen-bond acceptors (Lipinski definition) is 4. The number of ether oxygens (including phenoxy) is 2. The van der Waals surface area contributed by atoms with Crippen molar-refractivity contribution in [2.75, 3.05) is 6.79 Å². The smallest absolute Gasteiger partial charge is 0.472 e. The summed E-state index contributed by atoms with van der Waals surface area (Å²) >= 11 is 0. The van der Waals surface area contributed by atoms with Crippen molar-refractivity contribution in [2.45, 2.75) is 72.8 Å². The molecular formula is C19H31O6P. The lowest BCUT2D eigenvalue weighted by atomic mass is 9.85. The first-order valence-electron chi connectivity index (χ1n) is 9.08. The van der Waals surface area contributed by atoms with Crippen molar-refractivity contribution in [3.8, 4) is 11.5 Å². The van der Waals surface area contributed by atoms with Gasteiger partial charge in [0.2, 0.25) is 0 Å². The molecule has 1 aromatic rings. The quantitative estimate of drug-likeness (QED) is 0.532. The fraction of sp³-hybridized carbons (Fsp3) is 0.684. The number of rotatable bonds is 7. The fourth-order valence-corrected chi connectivity index (χ4v) is 3.46. The molecule has 2 rings (SSSR count). The molecule has 2 N–H and O–H groups in total. The first-order valence-corrected chi connectivity index (χ1v) is 10.6. The molecule has 1 aliphatic heterocycles. The molecule has 0 bridgehead atoms. The van der Waals surface area contributed by atoms with E-state index in [2.05, 4.69) is 32.2 Å². The molecule has 0 saturated heterocycles. The van der Waals surface area contributed by atoms with Gasteiger partial charge in [-0.15, -0.1) is 0 Å². The minimum absolute atomic E-state index is 0.203. The third kappa shape index (κ3) is 5.23. The zero-order valence-corrected chi connectivity index (χ0v) is 17.5. The average molecular weight is 386 g/mol. The molecule has 1 heterocycles. The maximum atomic E-state index is 10.9. The summed E-state index contributed by atoms with van der Waals surface area (Å²) in [7, 11) is -4.57. The fourth-order valence-electron chi connectivity index (χ4n) is 3.27. The highest BCUT2D eigenvalue weighted by Gasteiger charge is 2.32. The minimum atomic E-state index is -4.57. The Bertz CT molecular complexity index is 705. The first kappa shape index (κ1) is 21.2. The second-order valence-corrected chi connectivity index (χ2v) is 9.28. The number of benzene rings is 1. The molecule has 0 aromatic heterocycles. The Balaban J connectivity index is 2.44. The van der Waals surface area contributed by atoms with Crippen LogP contribution < -0.4 is 9.47 Å². The molecule has 6 nitrogen and oxygen atoms in total. The molecule has 1 aromatic carbocycles. The van der Waals surface area contributed by atoms with E-state index in [1.165, 1.54) is 0 Å². The van der Waals surface area contributed by atoms with Crippen molar-refractivity contribution >= 4 is 7.82 Å². The molecule has 148 valence electrons. The van der Waals surface area contributed by atoms with Crippen molar-refractivity contribution in [3.63, 3.8) is 0 Å². The van der Waals surface area contributed by atoms with Crippen LogP contribution in [0.15, 0.2) is 0 Å². The Labute approximate surface area is 156 Å². The van der Waals surface area contributed by atoms with Gasteiger partial charge in [0.25, 0.3) is 0 Å². The van der Waals surface area contributed by atoms with Crippen molar-refractivity contribution in [3.05, 3.63) is 22.3 Å². The van der Waals surface area contributed by atoms with Crippen LogP contribution in [0.1, 0.15) is 62.8 Å². The van der Waals surface area contributed by atoms with Gasteiger partial charge < -0.3 is 19.3 Å². The predicted molar refractivity (Wildman–Crippen MR) is 101 cm³/mol. The zero-order chi connectivity index (χ0) is 19.7. The van der Waals surface area contributed by atoms with Crippen LogP contribution in [0.5, 0.6) is 11.5 Å². The second kappa shape index (κ2) is 7.89. The molecule has 0 saturated carbocycles. The summed E-state index contributed by atoms with van der Waals surface area (Å²) in [6, 6.07) is 0. The highest BCUT2D eigenvalue weighted by molar-refractivity contribution is 7.46. The van der Waals surface area contributed by atoms with Crippen molar-refractivity contribution < 1.29 is 28.3 Å². The largest absolute Gasteiger partial charge is 0.487 e. The molecule has 0 unspecified atom stereocenters. The van der Waals surface area contributed by atoms with E-state index in [9.17, 15) is 4.57 Å². The SMILES string of the molecule is Cc1c(C)c2c(c(CCC(C)C)c1OCOP(=O)(O)O)CCC(C)(C)O2. The van der Waals surface area contributed by atoms with Crippen LogP contribution in [0.4, 0.5) is 0 Å². The van der Waals surface area contributed by atoms with Crippen LogP contribution in [0.3, 0.4) is 0 Å². The lowest BCUT2D eigenvalue weighted by Crippen LogP contribution is -2.33. The van der Waals surface area contributed by atoms with Crippen LogP contribution in [-0.2, 0) is 21.9 Å². The van der Waals surface area contributed by atoms with E-state index < -0.39 is 14.6 Å². The summed E-state index contributed by atoms with van der Waals surface area (Å²) in [5.74, 6) is 2.13. The van der Waals surface area contributed by atoms with Crippen LogP contribution in [0, 0.1) is 19.8 Å². The molecule has 0 radical (unpaired) electrons. The minimum Gasteiger partial charge on any atom is -0.487 e. The van der Waals surface area contributed by atoms with Gasteiger partial charge in [0.05, 0.1) is 0 Å². The van der Waals surface area contributed by atoms with Gasteiger partial charge in [0.15, 0.2) is 6.79 Å². The topological polar surface area (TPSA) is 85.2 Å². The maximum Gasteiger partial charge on any atom is 0.472 e. The Hall–Kier alpha value is -1.07. The zero-order valence-electron chi connectivity index (χ0n) is 16.6. The van der Waals surface area contributed by atoms with Crippen LogP contribution in [0.2, 0.25) is 0 Å². The normalized spacial score (nSPS) is 16.3. The summed E-state index contributed by atoms with van der Waals surface area (Å²) in [6.45, 7) is 12.0. The maximum absolute atomic E-state index is 10.9. The Morgan fingerprint density at radius 2 is 1.88 bits per heavy atom. The highest BCUT2D eigenvalue weighted by Crippen LogP contribution is 2.45. The van der Waals surface area contributed by atoms with Gasteiger partial charge in [-0.25, -0.2) is 9.09 Å². The Morgan fingerprint density at radius 3 is 2.46 bits per heavy atom. The average Bonchev–Trinajstić information content (AvgIpc) is 2.49. The van der Waals surface area contributed by atoms with Gasteiger partial charge in [0.1, 0.15) is 17.1 Å². The van der Waals surface area contributed by atoms with Gasteiger partial charge in [-0.2, -0.15) is 0 Å². The molecule has 0 aliphatic carbocycles. The summed E-state index contributed by atoms with van der Waals surface area (Å²) < 4.78 is 27.4. The van der Waals surface area contributed by atoms with Crippen LogP contribution >= 0.6 is 7.82 Å². The summed E-state index contributed by atoms with van der Waals surface area (Å²) in [4.78, 5) is 17.8. The van der Waals surface area contributed by atoms with Crippen molar-refractivity contribution in [1.29, 1.82) is 0 Å². The van der Waals surface area contributed by atoms with Gasteiger partial charge in [-0.3, -0.25) is 0 Å². The number of phosphoric acid groups is 1. The van der Waals surface area contributed by atoms with E-state index in [0.717, 1.165) is 53.7 Å². The molecule has 0 atom stereocenters. The first-order chi connectivity index (χ1) is 11.9. The standard InChI is InChI=1S/C19H31O6P/c1-12(2)7-8-15-16-9-10-19(5,6)25-18(16)14(4)13(3)17(15)23-11-24-26(20,21)22/h12H,7-11H2,1-6H3,(H2,20,21,22). The van der Waals surface area contributed by atoms with Crippen molar-refractivity contribution in [1.82, 2.24) is 0 Å². The second-order valence-electron chi connectivity index (χ2n) is 8.04. The van der Waals surface area contributed by atoms with E-state index in [1.54, 1.807) is 0 Å². The molecule has 0 spiro atoms. The van der Waals surface area contributed by atoms with Crippen molar-refractivity contribution in [2.24, 2.45) is 5.92 Å². The van der Waals surface area contributed by atoms with Gasteiger partial charge in [-0.1, -0.05) is 13.8 Å². The number of hydrogen-bond donors (Lipinski definition) is 2. The highest BCUT2D eigenvalue weighted by atomic mass is 31.2. The summed E-state index contributed by atoms with van der Waals surface area (Å²) in [6.07, 6.45) is 3.63. The third-order valence-electron chi connectivity index (χ3n) is 4.91. The van der Waals surface area contributed by atoms with E-state index in [0.29, 0.717) is 11.7 Å². The van der Waals surface area contributed by atoms with E-state index in [-0.39, 0.29) is 5.60 Å². The van der Waals surface area contributed by atoms with Crippen LogP contribution in [-0.4, -0.2) is 22.2 Å². The van der Waals surface area contributed by atoms with E-state index in [1.807, 2.05) is 13.8 Å². The van der Waals surface area contributed by atoms with E-state index in [4.69, 9.17) is 19.3 Å². The summed E-state index contributed by atoms with van der Waals surface area (Å²) in [5.41, 5.74) is 3.95. The summed E-state index contributed by atoms with van der Waals surface area (Å²) in [5, 5.41) is 0. The Kier molecular flexibility index (Phi) is 6.44. The lowest BCUT2D eigenvalue weighted by Gasteiger charge is -2.36. The van der Waals surface area contributed by atoms with E-state index >= 15 is 0 Å². The number of fused-ring (bicyclic) bond motifs is 1. The molecule has 26 heavy (non-hydrogen) atoms. The number of phosphoric ester groups is 1. The predicted octanol–water partition coefficient (Wildman–Crippen LogP) is 4.44. The Morgan fingerprint density at radius 1 is 1.23 bits per heavy atom. The molecule has 1 aliphatic rings. The molecular weight excluding hydrogens is 355 g/mol. The van der Waals surface area contributed by atoms with Crippen LogP contribution in [0.25, 0.3) is 0 Å².